The van der Waals surface area contributed by atoms with E-state index >= 15 is 0 Å². The Balaban J connectivity index is 1.45. The maximum Gasteiger partial charge on any atom is 0.335 e. The van der Waals surface area contributed by atoms with Gasteiger partial charge < -0.3 is 19.9 Å². The predicted molar refractivity (Wildman–Crippen MR) is 125 cm³/mol. The molecule has 2 atom stereocenters. The van der Waals surface area contributed by atoms with Crippen LogP contribution in [0.15, 0.2) is 48.5 Å². The molecule has 2 saturated heterocycles. The van der Waals surface area contributed by atoms with Crippen LogP contribution >= 0.6 is 11.6 Å². The first-order chi connectivity index (χ1) is 15.9. The van der Waals surface area contributed by atoms with Crippen molar-refractivity contribution in [3.05, 3.63) is 64.7 Å². The lowest BCUT2D eigenvalue weighted by Gasteiger charge is -2.43. The number of halogens is 1. The summed E-state index contributed by atoms with van der Waals surface area (Å²) in [4.78, 5) is 27.0. The molecule has 2 fully saturated rings. The second-order valence-corrected chi connectivity index (χ2v) is 9.13. The lowest BCUT2D eigenvalue weighted by Crippen LogP contribution is -2.61. The second kappa shape index (κ2) is 10.1. The number of hydrogen-bond donors (Lipinski definition) is 2. The van der Waals surface area contributed by atoms with Crippen LogP contribution in [-0.2, 0) is 9.53 Å². The normalized spacial score (nSPS) is 21.3. The maximum atomic E-state index is 13.6. The fourth-order valence-electron chi connectivity index (χ4n) is 4.67. The van der Waals surface area contributed by atoms with Crippen LogP contribution < -0.4 is 10.1 Å². The van der Waals surface area contributed by atoms with Crippen LogP contribution in [0.1, 0.15) is 48.1 Å². The molecule has 4 rings (SSSR count). The van der Waals surface area contributed by atoms with E-state index in [9.17, 15) is 9.59 Å². The van der Waals surface area contributed by atoms with Crippen molar-refractivity contribution in [2.75, 3.05) is 26.3 Å². The number of nitrogens with one attached hydrogen (secondary N) is 1. The van der Waals surface area contributed by atoms with E-state index < -0.39 is 11.5 Å². The van der Waals surface area contributed by atoms with Gasteiger partial charge in [-0.25, -0.2) is 4.79 Å². The van der Waals surface area contributed by atoms with E-state index in [1.807, 2.05) is 25.1 Å². The van der Waals surface area contributed by atoms with E-state index in [0.29, 0.717) is 37.6 Å². The molecule has 0 spiro atoms. The average molecular weight is 473 g/mol. The highest BCUT2D eigenvalue weighted by Crippen LogP contribution is 2.34. The fourth-order valence-corrected chi connectivity index (χ4v) is 4.85. The van der Waals surface area contributed by atoms with Gasteiger partial charge >= 0.3 is 5.97 Å². The van der Waals surface area contributed by atoms with Crippen molar-refractivity contribution < 1.29 is 24.2 Å². The minimum Gasteiger partial charge on any atom is -0.489 e. The highest BCUT2D eigenvalue weighted by Gasteiger charge is 2.48. The number of amides is 1. The summed E-state index contributed by atoms with van der Waals surface area (Å²) in [5.41, 5.74) is 0.431. The highest BCUT2D eigenvalue weighted by atomic mass is 35.5. The number of carboxylic acids is 1. The van der Waals surface area contributed by atoms with Crippen molar-refractivity contribution in [1.29, 1.82) is 0 Å². The Hall–Kier alpha value is -2.61. The van der Waals surface area contributed by atoms with E-state index in [1.165, 1.54) is 0 Å². The van der Waals surface area contributed by atoms with Crippen molar-refractivity contribution in [2.45, 2.75) is 43.9 Å². The molecule has 0 bridgehead atoms. The van der Waals surface area contributed by atoms with Crippen LogP contribution in [0.4, 0.5) is 0 Å². The summed E-state index contributed by atoms with van der Waals surface area (Å²) in [7, 11) is 0. The average Bonchev–Trinajstić information content (AvgIpc) is 3.28. The summed E-state index contributed by atoms with van der Waals surface area (Å²) in [6.45, 7) is 4.40. The molecular formula is C25H29ClN2O5. The van der Waals surface area contributed by atoms with E-state index in [0.717, 1.165) is 24.3 Å². The van der Waals surface area contributed by atoms with E-state index in [2.05, 4.69) is 10.2 Å². The van der Waals surface area contributed by atoms with E-state index in [-0.39, 0.29) is 23.6 Å². The van der Waals surface area contributed by atoms with Gasteiger partial charge in [0.15, 0.2) is 0 Å². The van der Waals surface area contributed by atoms with Gasteiger partial charge in [-0.2, -0.15) is 0 Å². The van der Waals surface area contributed by atoms with Crippen LogP contribution in [0.2, 0.25) is 5.02 Å². The molecule has 1 unspecified atom stereocenters. The van der Waals surface area contributed by atoms with Crippen molar-refractivity contribution >= 4 is 23.5 Å². The van der Waals surface area contributed by atoms with Gasteiger partial charge in [0.1, 0.15) is 17.4 Å². The Bertz CT molecular complexity index is 991. The molecule has 2 N–H and O–H groups in total. The zero-order valence-corrected chi connectivity index (χ0v) is 19.4. The lowest BCUT2D eigenvalue weighted by molar-refractivity contribution is -0.140. The molecule has 0 aromatic heterocycles. The zero-order valence-electron chi connectivity index (χ0n) is 18.6. The minimum atomic E-state index is -0.969. The van der Waals surface area contributed by atoms with Gasteiger partial charge in [-0.1, -0.05) is 29.8 Å². The summed E-state index contributed by atoms with van der Waals surface area (Å²) in [6.07, 6.45) is 2.05. The molecule has 0 saturated carbocycles. The van der Waals surface area contributed by atoms with E-state index in [4.69, 9.17) is 26.2 Å². The monoisotopic (exact) mass is 472 g/mol. The Kier molecular flexibility index (Phi) is 7.22. The van der Waals surface area contributed by atoms with Gasteiger partial charge in [0, 0.05) is 31.3 Å². The summed E-state index contributed by atoms with van der Waals surface area (Å²) in [5, 5.41) is 12.9. The first kappa shape index (κ1) is 23.5. The van der Waals surface area contributed by atoms with Gasteiger partial charge in [-0.15, -0.1) is 0 Å². The predicted octanol–water partition coefficient (Wildman–Crippen LogP) is 3.92. The largest absolute Gasteiger partial charge is 0.489 e. The number of rotatable bonds is 7. The standard InChI is InChI=1S/C25H29ClN2O5/c1-17(18-5-7-19(8-6-18)23(29)30)27-24(31)25(10-13-32-14-11-25)28-12-9-22(16-28)33-21-4-2-3-20(26)15-21/h2-8,15,17,22H,9-14,16H2,1H3,(H,27,31)(H,29,30)/t17-,22?/m0/s1. The molecule has 2 aromatic rings. The molecule has 0 radical (unpaired) electrons. The zero-order chi connectivity index (χ0) is 23.4. The van der Waals surface area contributed by atoms with Crippen LogP contribution in [0.5, 0.6) is 5.75 Å². The Labute approximate surface area is 198 Å². The Morgan fingerprint density at radius 2 is 1.94 bits per heavy atom. The molecule has 2 aromatic carbocycles. The Morgan fingerprint density at radius 1 is 1.21 bits per heavy atom. The molecule has 0 aliphatic carbocycles. The number of hydrogen-bond acceptors (Lipinski definition) is 5. The fraction of sp³-hybridized carbons (Fsp3) is 0.440. The summed E-state index contributed by atoms with van der Waals surface area (Å²) < 4.78 is 11.7. The molecule has 2 aliphatic heterocycles. The number of carboxylic acid groups (broad SMARTS) is 1. The topological polar surface area (TPSA) is 88.1 Å². The lowest BCUT2D eigenvalue weighted by atomic mass is 9.86. The van der Waals surface area contributed by atoms with Gasteiger partial charge in [-0.3, -0.25) is 9.69 Å². The van der Waals surface area contributed by atoms with Crippen LogP contribution in [0, 0.1) is 0 Å². The quantitative estimate of drug-likeness (QED) is 0.635. The number of likely N-dealkylation sites (tertiary alicyclic amines) is 1. The SMILES string of the molecule is C[C@H](NC(=O)C1(N2CCC(Oc3cccc(Cl)c3)C2)CCOCC1)c1ccc(C(=O)O)cc1. The maximum absolute atomic E-state index is 13.6. The first-order valence-electron chi connectivity index (χ1n) is 11.3. The molecule has 1 amide bonds. The number of ether oxygens (including phenoxy) is 2. The summed E-state index contributed by atoms with van der Waals surface area (Å²) in [6, 6.07) is 13.7. The van der Waals surface area contributed by atoms with Gasteiger partial charge in [0.2, 0.25) is 5.91 Å². The third-order valence-electron chi connectivity index (χ3n) is 6.60. The molecule has 2 aliphatic rings. The molecule has 176 valence electrons. The van der Waals surface area contributed by atoms with Gasteiger partial charge in [0.05, 0.1) is 11.6 Å². The molecule has 33 heavy (non-hydrogen) atoms. The van der Waals surface area contributed by atoms with Crippen molar-refractivity contribution in [3.63, 3.8) is 0 Å². The highest BCUT2D eigenvalue weighted by molar-refractivity contribution is 6.30. The van der Waals surface area contributed by atoms with Crippen LogP contribution in [-0.4, -0.2) is 59.8 Å². The first-order valence-corrected chi connectivity index (χ1v) is 11.6. The van der Waals surface area contributed by atoms with Crippen molar-refractivity contribution in [3.8, 4) is 5.75 Å². The number of carbonyl (C=O) groups is 2. The van der Waals surface area contributed by atoms with Crippen LogP contribution in [0.3, 0.4) is 0 Å². The third kappa shape index (κ3) is 5.32. The van der Waals surface area contributed by atoms with Gasteiger partial charge in [-0.05, 0) is 62.1 Å². The van der Waals surface area contributed by atoms with Crippen molar-refractivity contribution in [2.24, 2.45) is 0 Å². The molecular weight excluding hydrogens is 444 g/mol. The third-order valence-corrected chi connectivity index (χ3v) is 6.83. The Morgan fingerprint density at radius 3 is 2.61 bits per heavy atom. The van der Waals surface area contributed by atoms with Crippen molar-refractivity contribution in [1.82, 2.24) is 10.2 Å². The molecule has 8 heteroatoms. The number of benzene rings is 2. The number of aromatic carboxylic acids is 1. The number of carbonyl (C=O) groups excluding carboxylic acids is 1. The minimum absolute atomic E-state index is 0.0167. The van der Waals surface area contributed by atoms with Gasteiger partial charge in [0.25, 0.3) is 0 Å². The van der Waals surface area contributed by atoms with Crippen LogP contribution in [0.25, 0.3) is 0 Å². The van der Waals surface area contributed by atoms with E-state index in [1.54, 1.807) is 30.3 Å². The summed E-state index contributed by atoms with van der Waals surface area (Å²) >= 11 is 6.08. The summed E-state index contributed by atoms with van der Waals surface area (Å²) in [5.74, 6) is -0.259. The second-order valence-electron chi connectivity index (χ2n) is 8.70. The molecule has 7 nitrogen and oxygen atoms in total. The molecule has 2 heterocycles. The smallest absolute Gasteiger partial charge is 0.335 e. The number of nitrogens with zero attached hydrogens (tertiary/aromatic N) is 1.